The van der Waals surface area contributed by atoms with E-state index in [-0.39, 0.29) is 13.2 Å². The SMILES string of the molecule is CC(CO)(CON)c1cccc(C(F)(F)F)c1. The minimum absolute atomic E-state index is 0.0647. The van der Waals surface area contributed by atoms with Crippen LogP contribution in [0.25, 0.3) is 0 Å². The Hall–Kier alpha value is -1.11. The second-order valence-electron chi connectivity index (χ2n) is 4.11. The maximum absolute atomic E-state index is 12.5. The maximum Gasteiger partial charge on any atom is 0.416 e. The van der Waals surface area contributed by atoms with Gasteiger partial charge in [0.25, 0.3) is 0 Å². The molecule has 0 saturated carbocycles. The fraction of sp³-hybridized carbons (Fsp3) is 0.455. The standard InChI is InChI=1S/C11H14F3NO2/c1-10(6-16,7-17-15)8-3-2-4-9(5-8)11(12,13)14/h2-5,16H,6-7,15H2,1H3. The lowest BCUT2D eigenvalue weighted by Gasteiger charge is -2.27. The van der Waals surface area contributed by atoms with Crippen molar-refractivity contribution in [3.05, 3.63) is 35.4 Å². The monoisotopic (exact) mass is 249 g/mol. The van der Waals surface area contributed by atoms with E-state index in [1.54, 1.807) is 6.92 Å². The van der Waals surface area contributed by atoms with Crippen molar-refractivity contribution in [3.8, 4) is 0 Å². The van der Waals surface area contributed by atoms with Gasteiger partial charge in [0.05, 0.1) is 18.8 Å². The minimum atomic E-state index is -4.41. The first-order valence-corrected chi connectivity index (χ1v) is 4.94. The van der Waals surface area contributed by atoms with Crippen LogP contribution in [0.3, 0.4) is 0 Å². The van der Waals surface area contributed by atoms with Crippen molar-refractivity contribution < 1.29 is 23.1 Å². The highest BCUT2D eigenvalue weighted by molar-refractivity contribution is 5.31. The Labute approximate surface area is 97.0 Å². The molecule has 0 radical (unpaired) electrons. The zero-order valence-electron chi connectivity index (χ0n) is 9.29. The van der Waals surface area contributed by atoms with Crippen LogP contribution in [0.2, 0.25) is 0 Å². The number of benzene rings is 1. The summed E-state index contributed by atoms with van der Waals surface area (Å²) < 4.78 is 37.6. The van der Waals surface area contributed by atoms with E-state index >= 15 is 0 Å². The van der Waals surface area contributed by atoms with Gasteiger partial charge in [-0.3, -0.25) is 0 Å². The van der Waals surface area contributed by atoms with Crippen LogP contribution in [0.4, 0.5) is 13.2 Å². The molecule has 1 aromatic rings. The molecule has 1 unspecified atom stereocenters. The van der Waals surface area contributed by atoms with Crippen LogP contribution in [0.1, 0.15) is 18.1 Å². The quantitative estimate of drug-likeness (QED) is 0.801. The lowest BCUT2D eigenvalue weighted by Crippen LogP contribution is -2.34. The van der Waals surface area contributed by atoms with Gasteiger partial charge in [0.15, 0.2) is 0 Å². The third-order valence-electron chi connectivity index (χ3n) is 2.64. The molecule has 0 fully saturated rings. The van der Waals surface area contributed by atoms with Crippen molar-refractivity contribution in [2.45, 2.75) is 18.5 Å². The van der Waals surface area contributed by atoms with Crippen LogP contribution >= 0.6 is 0 Å². The summed E-state index contributed by atoms with van der Waals surface area (Å²) in [5.74, 6) is 4.92. The second kappa shape index (κ2) is 5.03. The summed E-state index contributed by atoms with van der Waals surface area (Å²) in [6, 6.07) is 4.77. The normalized spacial score (nSPS) is 15.6. The van der Waals surface area contributed by atoms with Gasteiger partial charge in [-0.2, -0.15) is 13.2 Å². The molecule has 0 aromatic heterocycles. The fourth-order valence-corrected chi connectivity index (χ4v) is 1.48. The van der Waals surface area contributed by atoms with E-state index in [0.29, 0.717) is 5.56 Å². The van der Waals surface area contributed by atoms with E-state index in [1.165, 1.54) is 12.1 Å². The molecule has 0 saturated heterocycles. The van der Waals surface area contributed by atoms with Crippen molar-refractivity contribution in [2.75, 3.05) is 13.2 Å². The van der Waals surface area contributed by atoms with Gasteiger partial charge in [-0.1, -0.05) is 25.1 Å². The molecule has 0 aliphatic carbocycles. The summed E-state index contributed by atoms with van der Waals surface area (Å²) >= 11 is 0. The molecule has 96 valence electrons. The molecule has 0 bridgehead atoms. The average molecular weight is 249 g/mol. The molecule has 17 heavy (non-hydrogen) atoms. The first kappa shape index (κ1) is 14.0. The molecule has 0 spiro atoms. The zero-order chi connectivity index (χ0) is 13.1. The molecule has 6 heteroatoms. The van der Waals surface area contributed by atoms with Gasteiger partial charge in [-0.15, -0.1) is 0 Å². The molecule has 0 amide bonds. The number of aliphatic hydroxyl groups excluding tert-OH is 1. The number of alkyl halides is 3. The number of nitrogens with two attached hydrogens (primary N) is 1. The van der Waals surface area contributed by atoms with E-state index in [9.17, 15) is 18.3 Å². The van der Waals surface area contributed by atoms with Crippen LogP contribution < -0.4 is 5.90 Å². The number of aliphatic hydroxyl groups is 1. The summed E-state index contributed by atoms with van der Waals surface area (Å²) in [6.45, 7) is 1.16. The summed E-state index contributed by atoms with van der Waals surface area (Å²) in [5.41, 5.74) is -1.37. The number of hydrogen-bond donors (Lipinski definition) is 2. The Morgan fingerprint density at radius 2 is 1.88 bits per heavy atom. The van der Waals surface area contributed by atoms with E-state index in [0.717, 1.165) is 12.1 Å². The molecular weight excluding hydrogens is 235 g/mol. The molecule has 0 heterocycles. The number of hydrogen-bond acceptors (Lipinski definition) is 3. The molecule has 1 atom stereocenters. The van der Waals surface area contributed by atoms with Gasteiger partial charge in [0, 0.05) is 5.41 Å². The second-order valence-corrected chi connectivity index (χ2v) is 4.11. The Bertz CT molecular complexity index is 381. The fourth-order valence-electron chi connectivity index (χ4n) is 1.48. The molecule has 3 N–H and O–H groups in total. The van der Waals surface area contributed by atoms with E-state index < -0.39 is 17.2 Å². The zero-order valence-corrected chi connectivity index (χ0v) is 9.29. The summed E-state index contributed by atoms with van der Waals surface area (Å²) in [5, 5.41) is 9.25. The van der Waals surface area contributed by atoms with E-state index in [1.807, 2.05) is 0 Å². The van der Waals surface area contributed by atoms with Crippen LogP contribution in [0.5, 0.6) is 0 Å². The van der Waals surface area contributed by atoms with Crippen LogP contribution in [0, 0.1) is 0 Å². The summed E-state index contributed by atoms with van der Waals surface area (Å²) in [4.78, 5) is 4.44. The van der Waals surface area contributed by atoms with Crippen molar-refractivity contribution in [1.29, 1.82) is 0 Å². The third-order valence-corrected chi connectivity index (χ3v) is 2.64. The molecule has 1 rings (SSSR count). The lowest BCUT2D eigenvalue weighted by atomic mass is 9.83. The van der Waals surface area contributed by atoms with Crippen LogP contribution in [0.15, 0.2) is 24.3 Å². The van der Waals surface area contributed by atoms with Crippen molar-refractivity contribution in [2.24, 2.45) is 5.90 Å². The highest BCUT2D eigenvalue weighted by Crippen LogP contribution is 2.32. The minimum Gasteiger partial charge on any atom is -0.395 e. The predicted molar refractivity (Wildman–Crippen MR) is 56.0 cm³/mol. The van der Waals surface area contributed by atoms with Crippen molar-refractivity contribution in [3.63, 3.8) is 0 Å². The smallest absolute Gasteiger partial charge is 0.395 e. The van der Waals surface area contributed by atoms with Gasteiger partial charge >= 0.3 is 6.18 Å². The van der Waals surface area contributed by atoms with Gasteiger partial charge in [-0.05, 0) is 11.6 Å². The van der Waals surface area contributed by atoms with E-state index in [2.05, 4.69) is 4.84 Å². The number of halogens is 3. The molecule has 0 aliphatic rings. The van der Waals surface area contributed by atoms with Gasteiger partial charge < -0.3 is 9.94 Å². The lowest BCUT2D eigenvalue weighted by molar-refractivity contribution is -0.137. The molecule has 0 aliphatic heterocycles. The Morgan fingerprint density at radius 1 is 1.29 bits per heavy atom. The Balaban J connectivity index is 3.14. The first-order valence-electron chi connectivity index (χ1n) is 4.94. The maximum atomic E-state index is 12.5. The number of rotatable bonds is 4. The van der Waals surface area contributed by atoms with Gasteiger partial charge in [0.1, 0.15) is 0 Å². The topological polar surface area (TPSA) is 55.5 Å². The largest absolute Gasteiger partial charge is 0.416 e. The molecular formula is C11H14F3NO2. The van der Waals surface area contributed by atoms with E-state index in [4.69, 9.17) is 5.90 Å². The summed E-state index contributed by atoms with van der Waals surface area (Å²) in [7, 11) is 0. The van der Waals surface area contributed by atoms with Crippen molar-refractivity contribution >= 4 is 0 Å². The Kier molecular flexibility index (Phi) is 4.13. The molecule has 3 nitrogen and oxygen atoms in total. The molecule has 1 aromatic carbocycles. The van der Waals surface area contributed by atoms with Crippen molar-refractivity contribution in [1.82, 2.24) is 0 Å². The third kappa shape index (κ3) is 3.18. The highest BCUT2D eigenvalue weighted by Gasteiger charge is 2.33. The van der Waals surface area contributed by atoms with Gasteiger partial charge in [-0.25, -0.2) is 5.90 Å². The predicted octanol–water partition coefficient (Wildman–Crippen LogP) is 1.85. The van der Waals surface area contributed by atoms with Gasteiger partial charge in [0.2, 0.25) is 0 Å². The highest BCUT2D eigenvalue weighted by atomic mass is 19.4. The summed E-state index contributed by atoms with van der Waals surface area (Å²) in [6.07, 6.45) is -4.41. The average Bonchev–Trinajstić information content (AvgIpc) is 2.28. The van der Waals surface area contributed by atoms with Crippen LogP contribution in [-0.2, 0) is 16.4 Å². The Morgan fingerprint density at radius 3 is 2.35 bits per heavy atom. The van der Waals surface area contributed by atoms with Crippen LogP contribution in [-0.4, -0.2) is 18.3 Å². The first-order chi connectivity index (χ1) is 7.83.